The van der Waals surface area contributed by atoms with Crippen molar-refractivity contribution >= 4 is 27.8 Å². The summed E-state index contributed by atoms with van der Waals surface area (Å²) in [6.45, 7) is 4.69. The van der Waals surface area contributed by atoms with Gasteiger partial charge in [-0.15, -0.1) is 11.3 Å². The largest absolute Gasteiger partial charge is 0.497 e. The summed E-state index contributed by atoms with van der Waals surface area (Å²) >= 11 is 0.864. The quantitative estimate of drug-likeness (QED) is 0.239. The van der Waals surface area contributed by atoms with Gasteiger partial charge < -0.3 is 19.7 Å². The van der Waals surface area contributed by atoms with Crippen LogP contribution in [0.1, 0.15) is 36.6 Å². The van der Waals surface area contributed by atoms with Gasteiger partial charge in [0.2, 0.25) is 5.88 Å². The number of benzene rings is 2. The predicted octanol–water partition coefficient (Wildman–Crippen LogP) is 7.86. The van der Waals surface area contributed by atoms with E-state index in [1.165, 1.54) is 0 Å². The number of para-hydroxylation sites is 1. The third kappa shape index (κ3) is 6.51. The third-order valence-corrected chi connectivity index (χ3v) is 6.40. The average molecular weight is 529 g/mol. The Morgan fingerprint density at radius 3 is 2.46 bits per heavy atom. The van der Waals surface area contributed by atoms with Gasteiger partial charge in [-0.1, -0.05) is 44.2 Å². The summed E-state index contributed by atoms with van der Waals surface area (Å²) in [4.78, 5) is 10.2. The maximum absolute atomic E-state index is 13.1. The first-order valence-electron chi connectivity index (χ1n) is 11.5. The molecule has 37 heavy (non-hydrogen) atoms. The van der Waals surface area contributed by atoms with E-state index < -0.39 is 11.9 Å². The Morgan fingerprint density at radius 2 is 1.81 bits per heavy atom. The Kier molecular flexibility index (Phi) is 7.87. The van der Waals surface area contributed by atoms with Crippen LogP contribution in [0.2, 0.25) is 0 Å². The van der Waals surface area contributed by atoms with Crippen LogP contribution in [-0.4, -0.2) is 24.1 Å². The first kappa shape index (κ1) is 26.3. The number of aromatic nitrogens is 2. The summed E-state index contributed by atoms with van der Waals surface area (Å²) in [7, 11) is 3.52. The average Bonchev–Trinajstić information content (AvgIpc) is 3.35. The maximum atomic E-state index is 13.1. The molecule has 0 aliphatic heterocycles. The van der Waals surface area contributed by atoms with E-state index in [0.29, 0.717) is 18.0 Å². The summed E-state index contributed by atoms with van der Waals surface area (Å²) in [5.41, 5.74) is 2.24. The molecule has 0 bridgehead atoms. The Morgan fingerprint density at radius 1 is 1.08 bits per heavy atom. The fourth-order valence-corrected chi connectivity index (χ4v) is 4.38. The molecule has 6 nitrogen and oxygen atoms in total. The number of pyridine rings is 1. The van der Waals surface area contributed by atoms with Gasteiger partial charge in [0.15, 0.2) is 10.8 Å². The van der Waals surface area contributed by atoms with Crippen LogP contribution in [0.4, 0.5) is 29.7 Å². The zero-order chi connectivity index (χ0) is 26.6. The molecule has 0 aliphatic rings. The van der Waals surface area contributed by atoms with Crippen molar-refractivity contribution in [2.75, 3.05) is 24.4 Å². The molecule has 2 aromatic carbocycles. The highest BCUT2D eigenvalue weighted by atomic mass is 32.1. The minimum Gasteiger partial charge on any atom is -0.497 e. The molecule has 0 unspecified atom stereocenters. The number of methoxy groups -OCH3 is 1. The monoisotopic (exact) mass is 528 g/mol. The first-order chi connectivity index (χ1) is 17.6. The second-order valence-electron chi connectivity index (χ2n) is 8.71. The van der Waals surface area contributed by atoms with Gasteiger partial charge in [-0.3, -0.25) is 0 Å². The zero-order valence-electron chi connectivity index (χ0n) is 20.8. The van der Waals surface area contributed by atoms with Crippen molar-refractivity contribution in [3.05, 3.63) is 83.0 Å². The van der Waals surface area contributed by atoms with Gasteiger partial charge in [-0.2, -0.15) is 13.2 Å². The third-order valence-electron chi connectivity index (χ3n) is 5.64. The van der Waals surface area contributed by atoms with E-state index in [0.717, 1.165) is 39.3 Å². The second kappa shape index (κ2) is 11.1. The van der Waals surface area contributed by atoms with Gasteiger partial charge in [0, 0.05) is 19.0 Å². The molecule has 4 aromatic rings. The molecular weight excluding hydrogens is 501 g/mol. The molecule has 10 heteroatoms. The predicted molar refractivity (Wildman–Crippen MR) is 140 cm³/mol. The minimum absolute atomic E-state index is 0.0890. The number of thiazole rings is 1. The fraction of sp³-hybridized carbons (Fsp3) is 0.259. The number of hydrogen-bond donors (Lipinski definition) is 1. The van der Waals surface area contributed by atoms with E-state index in [4.69, 9.17) is 9.47 Å². The zero-order valence-corrected chi connectivity index (χ0v) is 21.7. The van der Waals surface area contributed by atoms with E-state index in [1.54, 1.807) is 19.4 Å². The van der Waals surface area contributed by atoms with E-state index in [1.807, 2.05) is 60.5 Å². The number of nitrogens with zero attached hydrogens (tertiary/aromatic N) is 3. The summed E-state index contributed by atoms with van der Waals surface area (Å²) in [5, 5.41) is 4.05. The lowest BCUT2D eigenvalue weighted by Gasteiger charge is -2.21. The van der Waals surface area contributed by atoms with Crippen molar-refractivity contribution in [3.63, 3.8) is 0 Å². The van der Waals surface area contributed by atoms with Gasteiger partial charge in [-0.25, -0.2) is 9.97 Å². The first-order valence-corrected chi connectivity index (χ1v) is 12.4. The molecule has 0 radical (unpaired) electrons. The lowest BCUT2D eigenvalue weighted by atomic mass is 10.0. The summed E-state index contributed by atoms with van der Waals surface area (Å²) in [6, 6.07) is 17.1. The van der Waals surface area contributed by atoms with Crippen LogP contribution in [0.25, 0.3) is 0 Å². The SMILES string of the molecule is COc1ccc(CN(C)c2cnc(Oc3ccccc3C(C)C)c(Nc3nc(C(F)(F)F)cs3)c2)cc1. The van der Waals surface area contributed by atoms with Crippen LogP contribution in [0.5, 0.6) is 17.4 Å². The number of alkyl halides is 3. The molecule has 0 saturated heterocycles. The Hall–Kier alpha value is -3.79. The summed E-state index contributed by atoms with van der Waals surface area (Å²) < 4.78 is 50.7. The molecule has 0 aliphatic carbocycles. The van der Waals surface area contributed by atoms with Crippen molar-refractivity contribution in [2.45, 2.75) is 32.5 Å². The van der Waals surface area contributed by atoms with Crippen molar-refractivity contribution < 1.29 is 22.6 Å². The molecule has 0 saturated carbocycles. The molecular formula is C27H27F3N4O2S. The van der Waals surface area contributed by atoms with E-state index in [-0.39, 0.29) is 16.9 Å². The second-order valence-corrected chi connectivity index (χ2v) is 9.56. The van der Waals surface area contributed by atoms with Gasteiger partial charge in [0.25, 0.3) is 0 Å². The van der Waals surface area contributed by atoms with Gasteiger partial charge >= 0.3 is 6.18 Å². The van der Waals surface area contributed by atoms with Gasteiger partial charge in [-0.05, 0) is 41.3 Å². The van der Waals surface area contributed by atoms with Crippen LogP contribution < -0.4 is 19.7 Å². The van der Waals surface area contributed by atoms with Crippen LogP contribution in [0, 0.1) is 0 Å². The maximum Gasteiger partial charge on any atom is 0.434 e. The molecule has 0 spiro atoms. The molecule has 2 heterocycles. The molecule has 194 valence electrons. The molecule has 4 rings (SSSR count). The highest BCUT2D eigenvalue weighted by Gasteiger charge is 2.34. The van der Waals surface area contributed by atoms with E-state index >= 15 is 0 Å². The van der Waals surface area contributed by atoms with Gasteiger partial charge in [0.1, 0.15) is 17.2 Å². The smallest absolute Gasteiger partial charge is 0.434 e. The lowest BCUT2D eigenvalue weighted by Crippen LogP contribution is -2.17. The summed E-state index contributed by atoms with van der Waals surface area (Å²) in [6.07, 6.45) is -2.85. The van der Waals surface area contributed by atoms with Crippen molar-refractivity contribution in [1.29, 1.82) is 0 Å². The van der Waals surface area contributed by atoms with E-state index in [9.17, 15) is 13.2 Å². The normalized spacial score (nSPS) is 11.5. The Bertz CT molecular complexity index is 1340. The molecule has 1 N–H and O–H groups in total. The van der Waals surface area contributed by atoms with Crippen LogP contribution >= 0.6 is 11.3 Å². The molecule has 2 aromatic heterocycles. The summed E-state index contributed by atoms with van der Waals surface area (Å²) in [5.74, 6) is 1.83. The highest BCUT2D eigenvalue weighted by Crippen LogP contribution is 2.38. The highest BCUT2D eigenvalue weighted by molar-refractivity contribution is 7.13. The lowest BCUT2D eigenvalue weighted by molar-refractivity contribution is -0.140. The number of hydrogen-bond acceptors (Lipinski definition) is 7. The van der Waals surface area contributed by atoms with E-state index in [2.05, 4.69) is 29.1 Å². The number of nitrogens with one attached hydrogen (secondary N) is 1. The minimum atomic E-state index is -4.52. The van der Waals surface area contributed by atoms with Crippen LogP contribution in [0.15, 0.2) is 66.2 Å². The van der Waals surface area contributed by atoms with Crippen LogP contribution in [-0.2, 0) is 12.7 Å². The topological polar surface area (TPSA) is 59.5 Å². The number of ether oxygens (including phenoxy) is 2. The number of anilines is 3. The Labute approximate surface area is 217 Å². The van der Waals surface area contributed by atoms with Gasteiger partial charge in [0.05, 0.1) is 19.0 Å². The Balaban J connectivity index is 1.66. The number of halogens is 3. The van der Waals surface area contributed by atoms with Crippen LogP contribution in [0.3, 0.4) is 0 Å². The van der Waals surface area contributed by atoms with Crippen molar-refractivity contribution in [2.24, 2.45) is 0 Å². The van der Waals surface area contributed by atoms with Crippen molar-refractivity contribution in [1.82, 2.24) is 9.97 Å². The number of rotatable bonds is 9. The molecule has 0 atom stereocenters. The fourth-order valence-electron chi connectivity index (χ4n) is 3.65. The molecule has 0 amide bonds. The standard InChI is InChI=1S/C27H27F3N4O2S/c1-17(2)21-7-5-6-8-23(21)36-25-22(32-26-33-24(16-37-26)27(28,29)30)13-19(14-31-25)34(3)15-18-9-11-20(35-4)12-10-18/h5-14,16-17H,15H2,1-4H3,(H,32,33). The van der Waals surface area contributed by atoms with Crippen molar-refractivity contribution in [3.8, 4) is 17.4 Å². The molecule has 0 fully saturated rings.